The second kappa shape index (κ2) is 4.18. The van der Waals surface area contributed by atoms with Crippen molar-refractivity contribution in [2.75, 3.05) is 12.5 Å². The summed E-state index contributed by atoms with van der Waals surface area (Å²) in [6.07, 6.45) is 2.21. The lowest BCUT2D eigenvalue weighted by Crippen LogP contribution is -2.10. The van der Waals surface area contributed by atoms with Crippen molar-refractivity contribution in [3.8, 4) is 0 Å². The maximum atomic E-state index is 11.6. The Kier molecular flexibility index (Phi) is 3.44. The van der Waals surface area contributed by atoms with Gasteiger partial charge >= 0.3 is 0 Å². The van der Waals surface area contributed by atoms with Crippen LogP contribution in [0.1, 0.15) is 5.56 Å². The van der Waals surface area contributed by atoms with Gasteiger partial charge in [0.2, 0.25) is 0 Å². The van der Waals surface area contributed by atoms with Crippen molar-refractivity contribution in [3.05, 3.63) is 30.7 Å². The van der Waals surface area contributed by atoms with Gasteiger partial charge in [0.15, 0.2) is 19.7 Å². The topological polar surface area (TPSA) is 68.3 Å². The van der Waals surface area contributed by atoms with E-state index in [0.717, 1.165) is 12.5 Å². The van der Waals surface area contributed by atoms with E-state index >= 15 is 0 Å². The molecule has 0 bridgehead atoms. The van der Waals surface area contributed by atoms with Crippen LogP contribution in [0.15, 0.2) is 28.0 Å². The highest BCUT2D eigenvalue weighted by Crippen LogP contribution is 2.25. The van der Waals surface area contributed by atoms with Crippen LogP contribution in [0.4, 0.5) is 0 Å². The number of benzene rings is 1. The van der Waals surface area contributed by atoms with Crippen LogP contribution in [0.5, 0.6) is 0 Å². The van der Waals surface area contributed by atoms with E-state index in [1.54, 1.807) is 6.07 Å². The summed E-state index contributed by atoms with van der Waals surface area (Å²) in [7, 11) is -7.13. The van der Waals surface area contributed by atoms with Gasteiger partial charge in [-0.15, -0.1) is 0 Å². The summed E-state index contributed by atoms with van der Waals surface area (Å²) in [5.74, 6) is 0. The number of hydrogen-bond donors (Lipinski definition) is 0. The fourth-order valence-corrected chi connectivity index (χ4v) is 4.25. The molecule has 0 saturated heterocycles. The van der Waals surface area contributed by atoms with Gasteiger partial charge in [0.1, 0.15) is 0 Å². The van der Waals surface area contributed by atoms with Crippen molar-refractivity contribution >= 4 is 19.7 Å². The van der Waals surface area contributed by atoms with E-state index in [2.05, 4.69) is 6.92 Å². The van der Waals surface area contributed by atoms with E-state index in [4.69, 9.17) is 0 Å². The summed E-state index contributed by atoms with van der Waals surface area (Å²) in [6.45, 7) is 3.59. The zero-order valence-electron chi connectivity index (χ0n) is 9.10. The van der Waals surface area contributed by atoms with Crippen molar-refractivity contribution < 1.29 is 16.8 Å². The zero-order chi connectivity index (χ0) is 12.6. The molecule has 1 rings (SSSR count). The first-order valence-corrected chi connectivity index (χ1v) is 8.27. The van der Waals surface area contributed by atoms with Gasteiger partial charge in [-0.1, -0.05) is 12.1 Å². The summed E-state index contributed by atoms with van der Waals surface area (Å²) >= 11 is 0. The van der Waals surface area contributed by atoms with Gasteiger partial charge in [-0.3, -0.25) is 0 Å². The summed E-state index contributed by atoms with van der Waals surface area (Å²) < 4.78 is 46.1. The minimum Gasteiger partial charge on any atom is -0.224 e. The van der Waals surface area contributed by atoms with Crippen LogP contribution >= 0.6 is 0 Å². The van der Waals surface area contributed by atoms with Crippen LogP contribution in [0.25, 0.3) is 0 Å². The molecule has 0 aliphatic rings. The predicted octanol–water partition coefficient (Wildman–Crippen LogP) is 0.870. The lowest BCUT2D eigenvalue weighted by Gasteiger charge is -2.10. The van der Waals surface area contributed by atoms with Gasteiger partial charge in [0, 0.05) is 12.5 Å². The molecule has 0 heterocycles. The lowest BCUT2D eigenvalue weighted by atomic mass is 10.2. The minimum absolute atomic E-state index is 0.132. The Morgan fingerprint density at radius 1 is 1.06 bits per heavy atom. The van der Waals surface area contributed by atoms with E-state index in [0.29, 0.717) is 5.56 Å². The smallest absolute Gasteiger partial charge is 0.177 e. The fourth-order valence-electron chi connectivity index (χ4n) is 1.47. The SMILES string of the molecule is [CH2]Cc1cccc(S(C)(=O)=O)c1S(C)(=O)=O. The van der Waals surface area contributed by atoms with Gasteiger partial charge in [0.05, 0.1) is 9.79 Å². The summed E-state index contributed by atoms with van der Waals surface area (Å²) in [6, 6.07) is 4.38. The van der Waals surface area contributed by atoms with E-state index in [9.17, 15) is 16.8 Å². The maximum Gasteiger partial charge on any atom is 0.177 e. The molecule has 0 atom stereocenters. The van der Waals surface area contributed by atoms with Crippen molar-refractivity contribution in [1.29, 1.82) is 0 Å². The molecule has 0 fully saturated rings. The van der Waals surface area contributed by atoms with Crippen LogP contribution in [0, 0.1) is 6.92 Å². The monoisotopic (exact) mass is 261 g/mol. The number of rotatable bonds is 3. The van der Waals surface area contributed by atoms with Gasteiger partial charge in [-0.05, 0) is 25.0 Å². The van der Waals surface area contributed by atoms with E-state index < -0.39 is 19.7 Å². The normalized spacial score (nSPS) is 12.7. The summed E-state index contributed by atoms with van der Waals surface area (Å²) in [5, 5.41) is 0. The first-order chi connectivity index (χ1) is 7.18. The van der Waals surface area contributed by atoms with Crippen LogP contribution in [0.3, 0.4) is 0 Å². The third-order valence-corrected chi connectivity index (χ3v) is 4.59. The number of sulfone groups is 2. The van der Waals surface area contributed by atoms with E-state index in [1.807, 2.05) is 0 Å². The van der Waals surface area contributed by atoms with Crippen LogP contribution in [-0.4, -0.2) is 29.3 Å². The predicted molar refractivity (Wildman–Crippen MR) is 61.7 cm³/mol. The molecule has 0 aliphatic carbocycles. The van der Waals surface area contributed by atoms with Gasteiger partial charge in [0.25, 0.3) is 0 Å². The molecule has 16 heavy (non-hydrogen) atoms. The first-order valence-electron chi connectivity index (χ1n) is 4.49. The lowest BCUT2D eigenvalue weighted by molar-refractivity contribution is 0.587. The average Bonchev–Trinajstić information content (AvgIpc) is 2.13. The Bertz CT molecular complexity index is 598. The van der Waals surface area contributed by atoms with Crippen LogP contribution in [0.2, 0.25) is 0 Å². The molecule has 6 heteroatoms. The largest absolute Gasteiger partial charge is 0.224 e. The van der Waals surface area contributed by atoms with E-state index in [1.165, 1.54) is 12.1 Å². The first kappa shape index (κ1) is 13.2. The maximum absolute atomic E-state index is 11.6. The molecule has 0 unspecified atom stereocenters. The molecule has 1 aromatic carbocycles. The Labute approximate surface area is 96.1 Å². The van der Waals surface area contributed by atoms with Crippen molar-refractivity contribution in [2.24, 2.45) is 0 Å². The Balaban J connectivity index is 3.79. The second-order valence-electron chi connectivity index (χ2n) is 3.54. The standard InChI is InChI=1S/C10H13O4S2/c1-4-8-6-5-7-9(15(2,11)12)10(8)16(3,13)14/h5-7H,1,4H2,2-3H3. The molecule has 0 spiro atoms. The highest BCUT2D eigenvalue weighted by atomic mass is 32.2. The molecule has 89 valence electrons. The molecule has 0 N–H and O–H groups in total. The third kappa shape index (κ3) is 2.62. The average molecular weight is 261 g/mol. The highest BCUT2D eigenvalue weighted by Gasteiger charge is 2.22. The van der Waals surface area contributed by atoms with Gasteiger partial charge in [-0.25, -0.2) is 16.8 Å². The summed E-state index contributed by atoms with van der Waals surface area (Å²) in [4.78, 5) is -0.288. The second-order valence-corrected chi connectivity index (χ2v) is 7.48. The molecule has 1 radical (unpaired) electrons. The van der Waals surface area contributed by atoms with Crippen molar-refractivity contribution in [3.63, 3.8) is 0 Å². The number of hydrogen-bond acceptors (Lipinski definition) is 4. The molecule has 0 amide bonds. The summed E-state index contributed by atoms with van der Waals surface area (Å²) in [5.41, 5.74) is 0.422. The van der Waals surface area contributed by atoms with Crippen molar-refractivity contribution in [1.82, 2.24) is 0 Å². The zero-order valence-corrected chi connectivity index (χ0v) is 10.7. The highest BCUT2D eigenvalue weighted by molar-refractivity contribution is 7.93. The molecular formula is C10H13O4S2. The minimum atomic E-state index is -3.58. The third-order valence-electron chi connectivity index (χ3n) is 2.10. The quantitative estimate of drug-likeness (QED) is 0.809. The Hall–Kier alpha value is -0.880. The molecule has 4 nitrogen and oxygen atoms in total. The van der Waals surface area contributed by atoms with Crippen molar-refractivity contribution in [2.45, 2.75) is 16.2 Å². The molecule has 0 saturated carbocycles. The van der Waals surface area contributed by atoms with Gasteiger partial charge < -0.3 is 0 Å². The molecule has 0 aliphatic heterocycles. The van der Waals surface area contributed by atoms with Crippen LogP contribution < -0.4 is 0 Å². The van der Waals surface area contributed by atoms with E-state index in [-0.39, 0.29) is 16.2 Å². The fraction of sp³-hybridized carbons (Fsp3) is 0.300. The molecule has 0 aromatic heterocycles. The molecular weight excluding hydrogens is 248 g/mol. The van der Waals surface area contributed by atoms with Gasteiger partial charge in [-0.2, -0.15) is 0 Å². The molecule has 1 aromatic rings. The van der Waals surface area contributed by atoms with Crippen LogP contribution in [-0.2, 0) is 26.1 Å². The Morgan fingerprint density at radius 2 is 1.62 bits per heavy atom. The Morgan fingerprint density at radius 3 is 2.00 bits per heavy atom.